The molecule has 0 spiro atoms. The Labute approximate surface area is 111 Å². The highest BCUT2D eigenvalue weighted by Gasteiger charge is 2.26. The fourth-order valence-corrected chi connectivity index (χ4v) is 2.50. The summed E-state index contributed by atoms with van der Waals surface area (Å²) in [7, 11) is 0. The van der Waals surface area contributed by atoms with Gasteiger partial charge in [-0.15, -0.1) is 0 Å². The van der Waals surface area contributed by atoms with Crippen LogP contribution in [0.3, 0.4) is 0 Å². The standard InChI is InChI=1S/C16H14N2O/c17-16(19)18-15-13-9-5-4-8-12(13)10-14(15)11-6-2-1-3-7-11/h1-10,15H,(H3,17,18,19). The predicted molar refractivity (Wildman–Crippen MR) is 76.2 cm³/mol. The first-order valence-electron chi connectivity index (χ1n) is 6.17. The van der Waals surface area contributed by atoms with E-state index in [1.807, 2.05) is 54.6 Å². The van der Waals surface area contributed by atoms with Gasteiger partial charge in [0.05, 0.1) is 6.04 Å². The van der Waals surface area contributed by atoms with Crippen LogP contribution in [0.5, 0.6) is 0 Å². The van der Waals surface area contributed by atoms with Crippen molar-refractivity contribution in [1.29, 1.82) is 0 Å². The molecular formula is C16H14N2O. The van der Waals surface area contributed by atoms with Gasteiger partial charge in [0.1, 0.15) is 0 Å². The lowest BCUT2D eigenvalue weighted by atomic mass is 9.98. The molecule has 1 aliphatic rings. The number of benzene rings is 2. The molecule has 0 radical (unpaired) electrons. The highest BCUT2D eigenvalue weighted by Crippen LogP contribution is 2.39. The summed E-state index contributed by atoms with van der Waals surface area (Å²) in [6.07, 6.45) is 2.10. The van der Waals surface area contributed by atoms with E-state index in [1.165, 1.54) is 0 Å². The van der Waals surface area contributed by atoms with Crippen molar-refractivity contribution in [1.82, 2.24) is 5.32 Å². The molecule has 94 valence electrons. The number of rotatable bonds is 2. The lowest BCUT2D eigenvalue weighted by Gasteiger charge is -2.17. The third-order valence-electron chi connectivity index (χ3n) is 3.32. The second kappa shape index (κ2) is 4.61. The zero-order valence-corrected chi connectivity index (χ0v) is 10.3. The van der Waals surface area contributed by atoms with Crippen molar-refractivity contribution in [2.24, 2.45) is 5.73 Å². The number of nitrogens with two attached hydrogens (primary N) is 1. The van der Waals surface area contributed by atoms with E-state index in [1.54, 1.807) is 0 Å². The molecule has 3 N–H and O–H groups in total. The van der Waals surface area contributed by atoms with Gasteiger partial charge in [-0.05, 0) is 28.3 Å². The largest absolute Gasteiger partial charge is 0.352 e. The van der Waals surface area contributed by atoms with Gasteiger partial charge < -0.3 is 11.1 Å². The van der Waals surface area contributed by atoms with Crippen molar-refractivity contribution >= 4 is 17.7 Å². The molecule has 1 unspecified atom stereocenters. The fraction of sp³-hybridized carbons (Fsp3) is 0.0625. The zero-order valence-electron chi connectivity index (χ0n) is 10.3. The van der Waals surface area contributed by atoms with Gasteiger partial charge >= 0.3 is 6.03 Å². The number of hydrogen-bond acceptors (Lipinski definition) is 1. The maximum Gasteiger partial charge on any atom is 0.312 e. The maximum atomic E-state index is 11.2. The molecule has 0 bridgehead atoms. The highest BCUT2D eigenvalue weighted by molar-refractivity contribution is 5.93. The highest BCUT2D eigenvalue weighted by atomic mass is 16.2. The molecule has 2 amide bonds. The lowest BCUT2D eigenvalue weighted by molar-refractivity contribution is 0.247. The summed E-state index contributed by atoms with van der Waals surface area (Å²) in [5, 5.41) is 2.82. The number of hydrogen-bond donors (Lipinski definition) is 2. The first-order valence-corrected chi connectivity index (χ1v) is 6.17. The molecule has 3 rings (SSSR count). The number of nitrogens with one attached hydrogen (secondary N) is 1. The van der Waals surface area contributed by atoms with E-state index in [4.69, 9.17) is 5.73 Å². The normalized spacial score (nSPS) is 16.6. The van der Waals surface area contributed by atoms with Crippen LogP contribution < -0.4 is 11.1 Å². The summed E-state index contributed by atoms with van der Waals surface area (Å²) < 4.78 is 0. The van der Waals surface area contributed by atoms with Crippen molar-refractivity contribution in [3.63, 3.8) is 0 Å². The molecule has 1 aliphatic carbocycles. The van der Waals surface area contributed by atoms with Crippen molar-refractivity contribution in [3.05, 3.63) is 71.3 Å². The Morgan fingerprint density at radius 3 is 2.42 bits per heavy atom. The number of fused-ring (bicyclic) bond motifs is 1. The first kappa shape index (κ1) is 11.5. The van der Waals surface area contributed by atoms with Crippen LogP contribution in [0.1, 0.15) is 22.7 Å². The molecule has 0 aromatic heterocycles. The molecule has 1 atom stereocenters. The van der Waals surface area contributed by atoms with E-state index < -0.39 is 6.03 Å². The topological polar surface area (TPSA) is 55.1 Å². The molecule has 19 heavy (non-hydrogen) atoms. The molecule has 0 saturated heterocycles. The number of urea groups is 1. The molecule has 0 fully saturated rings. The minimum atomic E-state index is -0.511. The molecule has 2 aromatic carbocycles. The van der Waals surface area contributed by atoms with Gasteiger partial charge in [0.25, 0.3) is 0 Å². The molecular weight excluding hydrogens is 236 g/mol. The third-order valence-corrected chi connectivity index (χ3v) is 3.32. The summed E-state index contributed by atoms with van der Waals surface area (Å²) >= 11 is 0. The van der Waals surface area contributed by atoms with Crippen LogP contribution in [0.2, 0.25) is 0 Å². The van der Waals surface area contributed by atoms with Crippen molar-refractivity contribution in [2.45, 2.75) is 6.04 Å². The van der Waals surface area contributed by atoms with Crippen LogP contribution >= 0.6 is 0 Å². The summed E-state index contributed by atoms with van der Waals surface area (Å²) in [5.74, 6) is 0. The van der Waals surface area contributed by atoms with E-state index in [-0.39, 0.29) is 6.04 Å². The second-order valence-corrected chi connectivity index (χ2v) is 4.54. The smallest absolute Gasteiger partial charge is 0.312 e. The van der Waals surface area contributed by atoms with Crippen LogP contribution in [-0.2, 0) is 0 Å². The van der Waals surface area contributed by atoms with E-state index in [0.29, 0.717) is 0 Å². The van der Waals surface area contributed by atoms with Crippen LogP contribution in [0.15, 0.2) is 54.6 Å². The average molecular weight is 250 g/mol. The van der Waals surface area contributed by atoms with Gasteiger partial charge in [-0.2, -0.15) is 0 Å². The number of amides is 2. The Balaban J connectivity index is 2.07. The third kappa shape index (κ3) is 2.10. The van der Waals surface area contributed by atoms with E-state index in [9.17, 15) is 4.79 Å². The van der Waals surface area contributed by atoms with Crippen LogP contribution in [0.4, 0.5) is 4.79 Å². The monoisotopic (exact) mass is 250 g/mol. The average Bonchev–Trinajstić information content (AvgIpc) is 2.78. The first-order chi connectivity index (χ1) is 9.25. The second-order valence-electron chi connectivity index (χ2n) is 4.54. The minimum absolute atomic E-state index is 0.170. The Hall–Kier alpha value is -2.55. The molecule has 3 heteroatoms. The zero-order chi connectivity index (χ0) is 13.2. The minimum Gasteiger partial charge on any atom is -0.352 e. The van der Waals surface area contributed by atoms with Crippen molar-refractivity contribution < 1.29 is 4.79 Å². The summed E-state index contributed by atoms with van der Waals surface area (Å²) in [4.78, 5) is 11.2. The Bertz CT molecular complexity index is 647. The summed E-state index contributed by atoms with van der Waals surface area (Å²) in [6, 6.07) is 17.4. The van der Waals surface area contributed by atoms with Crippen LogP contribution in [0.25, 0.3) is 11.6 Å². The Morgan fingerprint density at radius 2 is 1.68 bits per heavy atom. The van der Waals surface area contributed by atoms with Gasteiger partial charge in [-0.25, -0.2) is 4.79 Å². The SMILES string of the molecule is NC(=O)NC1C(c2ccccc2)=Cc2ccccc21. The van der Waals surface area contributed by atoms with Gasteiger partial charge in [0, 0.05) is 0 Å². The molecule has 3 nitrogen and oxygen atoms in total. The van der Waals surface area contributed by atoms with Gasteiger partial charge in [0.15, 0.2) is 0 Å². The lowest BCUT2D eigenvalue weighted by Crippen LogP contribution is -2.33. The van der Waals surface area contributed by atoms with Crippen molar-refractivity contribution in [3.8, 4) is 0 Å². The number of carbonyl (C=O) groups is 1. The van der Waals surface area contributed by atoms with Crippen LogP contribution in [0, 0.1) is 0 Å². The number of primary amides is 1. The van der Waals surface area contributed by atoms with E-state index in [2.05, 4.69) is 11.4 Å². The Kier molecular flexibility index (Phi) is 2.80. The van der Waals surface area contributed by atoms with Gasteiger partial charge in [0.2, 0.25) is 0 Å². The van der Waals surface area contributed by atoms with E-state index in [0.717, 1.165) is 22.3 Å². The predicted octanol–water partition coefficient (Wildman–Crippen LogP) is 2.95. The van der Waals surface area contributed by atoms with E-state index >= 15 is 0 Å². The molecule has 0 aliphatic heterocycles. The van der Waals surface area contributed by atoms with Gasteiger partial charge in [-0.3, -0.25) is 0 Å². The summed E-state index contributed by atoms with van der Waals surface area (Å²) in [6.45, 7) is 0. The summed E-state index contributed by atoms with van der Waals surface area (Å²) in [5.41, 5.74) is 9.67. The quantitative estimate of drug-likeness (QED) is 0.846. The number of carbonyl (C=O) groups excluding carboxylic acids is 1. The van der Waals surface area contributed by atoms with Crippen molar-refractivity contribution in [2.75, 3.05) is 0 Å². The Morgan fingerprint density at radius 1 is 1.00 bits per heavy atom. The van der Waals surface area contributed by atoms with Crippen LogP contribution in [-0.4, -0.2) is 6.03 Å². The fourth-order valence-electron chi connectivity index (χ4n) is 2.50. The molecule has 2 aromatic rings. The molecule has 0 saturated carbocycles. The van der Waals surface area contributed by atoms with Gasteiger partial charge in [-0.1, -0.05) is 54.6 Å². The maximum absolute atomic E-state index is 11.2. The molecule has 0 heterocycles.